The lowest BCUT2D eigenvalue weighted by atomic mass is 10.0. The Bertz CT molecular complexity index is 1380. The number of halogens is 1. The molecule has 184 valence electrons. The van der Waals surface area contributed by atoms with Crippen molar-refractivity contribution in [3.05, 3.63) is 50.5 Å². The Morgan fingerprint density at radius 3 is 2.77 bits per heavy atom. The number of hydrogen-bond donors (Lipinski definition) is 2. The Morgan fingerprint density at radius 1 is 1.31 bits per heavy atom. The van der Waals surface area contributed by atoms with Gasteiger partial charge in [-0.25, -0.2) is 9.89 Å². The molecule has 0 atom stereocenters. The molecule has 5 heterocycles. The molecule has 4 aromatic rings. The molecule has 0 bridgehead atoms. The highest BCUT2D eigenvalue weighted by Gasteiger charge is 2.25. The number of aromatic amines is 1. The highest BCUT2D eigenvalue weighted by molar-refractivity contribution is 7.19. The summed E-state index contributed by atoms with van der Waals surface area (Å²) in [7, 11) is 0. The monoisotopic (exact) mass is 517 g/mol. The summed E-state index contributed by atoms with van der Waals surface area (Å²) in [5, 5.41) is 17.8. The Balaban J connectivity index is 1.36. The number of piperidine rings is 1. The van der Waals surface area contributed by atoms with E-state index in [1.54, 1.807) is 18.2 Å². The molecule has 1 fully saturated rings. The fourth-order valence-electron chi connectivity index (χ4n) is 4.08. The van der Waals surface area contributed by atoms with Gasteiger partial charge < -0.3 is 19.2 Å². The third kappa shape index (κ3) is 5.24. The van der Waals surface area contributed by atoms with Gasteiger partial charge in [0.15, 0.2) is 11.5 Å². The van der Waals surface area contributed by atoms with E-state index in [1.807, 2.05) is 6.07 Å². The second-order valence-corrected chi connectivity index (χ2v) is 10.4. The van der Waals surface area contributed by atoms with Crippen molar-refractivity contribution in [1.29, 1.82) is 0 Å². The van der Waals surface area contributed by atoms with Gasteiger partial charge in [-0.15, -0.1) is 16.4 Å². The molecule has 0 unspecified atom stereocenters. The van der Waals surface area contributed by atoms with Crippen LogP contribution in [0.4, 0.5) is 0 Å². The van der Waals surface area contributed by atoms with Crippen LogP contribution in [0, 0.1) is 0 Å². The average Bonchev–Trinajstić information content (AvgIpc) is 3.62. The molecule has 1 amide bonds. The summed E-state index contributed by atoms with van der Waals surface area (Å²) in [5.41, 5.74) is 1.14. The summed E-state index contributed by atoms with van der Waals surface area (Å²) >= 11 is 7.40. The third-order valence-corrected chi connectivity index (χ3v) is 7.20. The predicted molar refractivity (Wildman–Crippen MR) is 129 cm³/mol. The van der Waals surface area contributed by atoms with Gasteiger partial charge in [-0.3, -0.25) is 9.48 Å². The van der Waals surface area contributed by atoms with Crippen LogP contribution in [0.15, 0.2) is 38.0 Å². The van der Waals surface area contributed by atoms with E-state index >= 15 is 0 Å². The van der Waals surface area contributed by atoms with Crippen LogP contribution in [0.5, 0.6) is 0 Å². The molecule has 1 saturated heterocycles. The Morgan fingerprint density at radius 2 is 2.11 bits per heavy atom. The number of carbonyl (C=O) groups excluding carboxylic acids is 1. The Labute approximate surface area is 209 Å². The number of rotatable bonds is 7. The van der Waals surface area contributed by atoms with Crippen LogP contribution in [0.2, 0.25) is 4.34 Å². The minimum absolute atomic E-state index is 0.0283. The molecule has 2 N–H and O–H groups in total. The van der Waals surface area contributed by atoms with Gasteiger partial charge in [0.05, 0.1) is 15.8 Å². The van der Waals surface area contributed by atoms with Crippen LogP contribution >= 0.6 is 22.9 Å². The highest BCUT2D eigenvalue weighted by Crippen LogP contribution is 2.31. The molecule has 1 aliphatic rings. The summed E-state index contributed by atoms with van der Waals surface area (Å²) in [6, 6.07) is 7.52. The molecule has 5 rings (SSSR count). The maximum Gasteiger partial charge on any atom is 0.434 e. The van der Waals surface area contributed by atoms with Crippen LogP contribution < -0.4 is 11.1 Å². The number of likely N-dealkylation sites (tertiary alicyclic amines) is 1. The number of hydrogen-bond acceptors (Lipinski definition) is 9. The lowest BCUT2D eigenvalue weighted by Crippen LogP contribution is -2.46. The summed E-state index contributed by atoms with van der Waals surface area (Å²) in [4.78, 5) is 27.8. The maximum atomic E-state index is 13.0. The lowest BCUT2D eigenvalue weighted by molar-refractivity contribution is 0.0895. The van der Waals surface area contributed by atoms with Crippen LogP contribution in [0.1, 0.15) is 42.9 Å². The van der Waals surface area contributed by atoms with Gasteiger partial charge in [0.1, 0.15) is 11.4 Å². The fraction of sp³-hybridized carbons (Fsp3) is 0.409. The zero-order valence-electron chi connectivity index (χ0n) is 19.2. The van der Waals surface area contributed by atoms with Gasteiger partial charge in [-0.2, -0.15) is 5.10 Å². The van der Waals surface area contributed by atoms with E-state index in [-0.39, 0.29) is 30.1 Å². The zero-order chi connectivity index (χ0) is 24.5. The van der Waals surface area contributed by atoms with E-state index < -0.39 is 5.76 Å². The van der Waals surface area contributed by atoms with Gasteiger partial charge in [0.25, 0.3) is 11.8 Å². The minimum Gasteiger partial charge on any atom is -0.386 e. The first-order valence-electron chi connectivity index (χ1n) is 11.3. The SMILES string of the molecule is CC(C)N1CCC(NC(=O)c2cc(-c3n[nH]c(=O)o3)n(Cc3cc(-c4ccc(Cl)s4)on3)n2)CC1. The van der Waals surface area contributed by atoms with E-state index in [2.05, 4.69) is 44.5 Å². The van der Waals surface area contributed by atoms with E-state index in [0.717, 1.165) is 30.8 Å². The van der Waals surface area contributed by atoms with Crippen molar-refractivity contribution in [2.45, 2.75) is 45.3 Å². The van der Waals surface area contributed by atoms with Crippen molar-refractivity contribution >= 4 is 28.8 Å². The summed E-state index contributed by atoms with van der Waals surface area (Å²) in [6.45, 7) is 6.39. The molecule has 35 heavy (non-hydrogen) atoms. The molecule has 4 aromatic heterocycles. The van der Waals surface area contributed by atoms with Gasteiger partial charge in [0, 0.05) is 37.3 Å². The molecule has 1 aliphatic heterocycles. The number of amides is 1. The molecule has 0 aromatic carbocycles. The van der Waals surface area contributed by atoms with E-state index in [1.165, 1.54) is 16.0 Å². The first-order chi connectivity index (χ1) is 16.9. The second kappa shape index (κ2) is 9.80. The number of carbonyl (C=O) groups is 1. The quantitative estimate of drug-likeness (QED) is 0.381. The number of nitrogens with zero attached hydrogens (tertiary/aromatic N) is 5. The van der Waals surface area contributed by atoms with E-state index in [0.29, 0.717) is 27.5 Å². The van der Waals surface area contributed by atoms with Crippen molar-refractivity contribution in [3.8, 4) is 22.2 Å². The topological polar surface area (TPSA) is 135 Å². The molecular formula is C22H24ClN7O4S. The lowest BCUT2D eigenvalue weighted by Gasteiger charge is -2.34. The third-order valence-electron chi connectivity index (χ3n) is 5.95. The van der Waals surface area contributed by atoms with Crippen LogP contribution in [0.25, 0.3) is 22.2 Å². The number of nitrogens with one attached hydrogen (secondary N) is 2. The van der Waals surface area contributed by atoms with E-state index in [4.69, 9.17) is 20.5 Å². The second-order valence-electron chi connectivity index (χ2n) is 8.65. The van der Waals surface area contributed by atoms with Gasteiger partial charge in [0.2, 0.25) is 0 Å². The molecule has 0 saturated carbocycles. The highest BCUT2D eigenvalue weighted by atomic mass is 35.5. The van der Waals surface area contributed by atoms with Crippen molar-refractivity contribution < 1.29 is 13.7 Å². The van der Waals surface area contributed by atoms with Crippen molar-refractivity contribution in [2.75, 3.05) is 13.1 Å². The van der Waals surface area contributed by atoms with Crippen molar-refractivity contribution in [1.82, 2.24) is 35.4 Å². The first-order valence-corrected chi connectivity index (χ1v) is 12.4. The number of H-pyrrole nitrogens is 1. The Hall–Kier alpha value is -3.22. The van der Waals surface area contributed by atoms with Crippen LogP contribution in [0.3, 0.4) is 0 Å². The average molecular weight is 518 g/mol. The number of thiophene rings is 1. The first kappa shape index (κ1) is 23.5. The smallest absolute Gasteiger partial charge is 0.386 e. The minimum atomic E-state index is -0.700. The van der Waals surface area contributed by atoms with Crippen molar-refractivity contribution in [2.24, 2.45) is 0 Å². The molecule has 11 nitrogen and oxygen atoms in total. The summed E-state index contributed by atoms with van der Waals surface area (Å²) in [6.07, 6.45) is 1.75. The summed E-state index contributed by atoms with van der Waals surface area (Å²) < 4.78 is 12.7. The van der Waals surface area contributed by atoms with Gasteiger partial charge in [-0.1, -0.05) is 16.8 Å². The Kier molecular flexibility index (Phi) is 6.58. The van der Waals surface area contributed by atoms with Crippen molar-refractivity contribution in [3.63, 3.8) is 0 Å². The molecule has 0 spiro atoms. The standard InChI is InChI=1S/C22H24ClN7O4S/c1-12(2)29-7-5-13(6-8-29)24-20(31)15-10-16(21-25-26-22(32)33-21)30(27-15)11-14-9-17(34-28-14)18-3-4-19(23)35-18/h3-4,9-10,12-13H,5-8,11H2,1-2H3,(H,24,31)(H,26,32). The molecule has 13 heteroatoms. The summed E-state index contributed by atoms with van der Waals surface area (Å²) in [5.74, 6) is -0.392. The number of aromatic nitrogens is 5. The van der Waals surface area contributed by atoms with E-state index in [9.17, 15) is 9.59 Å². The predicted octanol–water partition coefficient (Wildman–Crippen LogP) is 3.25. The van der Waals surface area contributed by atoms with Gasteiger partial charge >= 0.3 is 5.76 Å². The zero-order valence-corrected chi connectivity index (χ0v) is 20.7. The molecule has 0 radical (unpaired) electrons. The molecular weight excluding hydrogens is 494 g/mol. The maximum absolute atomic E-state index is 13.0. The normalized spacial score (nSPS) is 15.2. The largest absolute Gasteiger partial charge is 0.434 e. The van der Waals surface area contributed by atoms with Gasteiger partial charge in [-0.05, 0) is 38.8 Å². The van der Waals surface area contributed by atoms with Crippen LogP contribution in [-0.4, -0.2) is 61.1 Å². The molecule has 0 aliphatic carbocycles. The fourth-order valence-corrected chi connectivity index (χ4v) is 5.07. The van der Waals surface area contributed by atoms with Crippen LogP contribution in [-0.2, 0) is 6.54 Å².